The van der Waals surface area contributed by atoms with Crippen LogP contribution < -0.4 is 4.90 Å². The van der Waals surface area contributed by atoms with Gasteiger partial charge in [0.15, 0.2) is 0 Å². The molecule has 1 unspecified atom stereocenters. The second-order valence-corrected chi connectivity index (χ2v) is 5.20. The zero-order chi connectivity index (χ0) is 13.7. The predicted octanol–water partition coefficient (Wildman–Crippen LogP) is 3.37. The van der Waals surface area contributed by atoms with Gasteiger partial charge in [-0.15, -0.1) is 0 Å². The Morgan fingerprint density at radius 1 is 1.50 bits per heavy atom. The van der Waals surface area contributed by atoms with Crippen LogP contribution in [0.4, 0.5) is 5.69 Å². The first kappa shape index (κ1) is 14.6. The number of hydrogen-bond donors (Lipinski definition) is 0. The second kappa shape index (κ2) is 6.46. The van der Waals surface area contributed by atoms with Gasteiger partial charge in [0, 0.05) is 30.8 Å². The van der Waals surface area contributed by atoms with E-state index in [1.54, 1.807) is 6.20 Å². The molecule has 0 saturated carbocycles. The highest BCUT2D eigenvalue weighted by atomic mass is 79.9. The minimum Gasteiger partial charge on any atom is -0.377 e. The number of rotatable bonds is 5. The van der Waals surface area contributed by atoms with Gasteiger partial charge in [0.05, 0.1) is 6.07 Å². The van der Waals surface area contributed by atoms with Crippen molar-refractivity contribution < 1.29 is 0 Å². The molecule has 3 nitrogen and oxygen atoms in total. The van der Waals surface area contributed by atoms with Crippen LogP contribution >= 0.6 is 15.9 Å². The van der Waals surface area contributed by atoms with Crippen molar-refractivity contribution in [1.29, 1.82) is 5.26 Å². The largest absolute Gasteiger partial charge is 0.377 e. The van der Waals surface area contributed by atoms with Crippen molar-refractivity contribution in [3.63, 3.8) is 0 Å². The van der Waals surface area contributed by atoms with E-state index < -0.39 is 0 Å². The van der Waals surface area contributed by atoms with Crippen LogP contribution in [0.25, 0.3) is 0 Å². The summed E-state index contributed by atoms with van der Waals surface area (Å²) in [5.74, 6) is 0. The molecule has 0 N–H and O–H groups in total. The first-order valence-corrected chi connectivity index (χ1v) is 6.52. The Labute approximate surface area is 117 Å². The maximum absolute atomic E-state index is 9.01. The molecule has 0 radical (unpaired) electrons. The van der Waals surface area contributed by atoms with Crippen LogP contribution in [0.5, 0.6) is 0 Å². The summed E-state index contributed by atoms with van der Waals surface area (Å²) >= 11 is 3.48. The van der Waals surface area contributed by atoms with Gasteiger partial charge in [-0.1, -0.05) is 22.5 Å². The molecule has 0 heterocycles. The number of anilines is 1. The lowest BCUT2D eigenvalue weighted by atomic mass is 10.1. The summed E-state index contributed by atoms with van der Waals surface area (Å²) in [7, 11) is 3.92. The topological polar surface area (TPSA) is 30.3 Å². The minimum absolute atomic E-state index is 0.154. The van der Waals surface area contributed by atoms with E-state index in [0.29, 0.717) is 0 Å². The fourth-order valence-electron chi connectivity index (χ4n) is 1.65. The van der Waals surface area contributed by atoms with Gasteiger partial charge in [-0.25, -0.2) is 0 Å². The van der Waals surface area contributed by atoms with Crippen molar-refractivity contribution in [2.75, 3.05) is 19.0 Å². The molecule has 4 heteroatoms. The summed E-state index contributed by atoms with van der Waals surface area (Å²) in [5, 5.41) is 9.01. The molecule has 0 fully saturated rings. The van der Waals surface area contributed by atoms with E-state index in [1.165, 1.54) is 0 Å². The SMILES string of the molecule is C=CN(C)Cc1cc(Br)ccc1N(C)C(C)C#N. The molecule has 0 spiro atoms. The normalized spacial score (nSPS) is 11.5. The fourth-order valence-corrected chi connectivity index (χ4v) is 2.06. The molecule has 1 rings (SSSR count). The summed E-state index contributed by atoms with van der Waals surface area (Å²) in [6.07, 6.45) is 1.79. The highest BCUT2D eigenvalue weighted by Gasteiger charge is 2.13. The third kappa shape index (κ3) is 3.51. The molecule has 0 aliphatic heterocycles. The average Bonchev–Trinajstić information content (AvgIpc) is 2.37. The van der Waals surface area contributed by atoms with Gasteiger partial charge < -0.3 is 9.80 Å². The fraction of sp³-hybridized carbons (Fsp3) is 0.357. The Hall–Kier alpha value is -1.47. The van der Waals surface area contributed by atoms with Gasteiger partial charge in [-0.3, -0.25) is 0 Å². The van der Waals surface area contributed by atoms with E-state index in [4.69, 9.17) is 5.26 Å². The van der Waals surface area contributed by atoms with Gasteiger partial charge in [0.25, 0.3) is 0 Å². The van der Waals surface area contributed by atoms with Gasteiger partial charge in [0.2, 0.25) is 0 Å². The molecule has 0 saturated heterocycles. The summed E-state index contributed by atoms with van der Waals surface area (Å²) in [4.78, 5) is 3.99. The minimum atomic E-state index is -0.154. The Morgan fingerprint density at radius 3 is 2.72 bits per heavy atom. The summed E-state index contributed by atoms with van der Waals surface area (Å²) in [6.45, 7) is 6.41. The van der Waals surface area contributed by atoms with Crippen LogP contribution in [0.15, 0.2) is 35.5 Å². The highest BCUT2D eigenvalue weighted by Crippen LogP contribution is 2.26. The molecule has 0 amide bonds. The van der Waals surface area contributed by atoms with E-state index in [-0.39, 0.29) is 6.04 Å². The zero-order valence-corrected chi connectivity index (χ0v) is 12.6. The monoisotopic (exact) mass is 307 g/mol. The van der Waals surface area contributed by atoms with E-state index in [9.17, 15) is 0 Å². The van der Waals surface area contributed by atoms with Crippen molar-refractivity contribution in [2.24, 2.45) is 0 Å². The van der Waals surface area contributed by atoms with Gasteiger partial charge >= 0.3 is 0 Å². The Balaban J connectivity index is 3.11. The maximum Gasteiger partial charge on any atom is 0.113 e. The molecule has 18 heavy (non-hydrogen) atoms. The molecule has 0 bridgehead atoms. The lowest BCUT2D eigenvalue weighted by Gasteiger charge is -2.26. The lowest BCUT2D eigenvalue weighted by molar-refractivity contribution is 0.452. The van der Waals surface area contributed by atoms with E-state index >= 15 is 0 Å². The molecular weight excluding hydrogens is 290 g/mol. The third-order valence-corrected chi connectivity index (χ3v) is 3.41. The standard InChI is InChI=1S/C14H18BrN3/c1-5-17(3)10-12-8-13(15)6-7-14(12)18(4)11(2)9-16/h5-8,11H,1,10H2,2-4H3. The summed E-state index contributed by atoms with van der Waals surface area (Å²) in [6, 6.07) is 8.20. The first-order valence-electron chi connectivity index (χ1n) is 5.73. The van der Waals surface area contributed by atoms with Gasteiger partial charge in [-0.2, -0.15) is 5.26 Å². The predicted molar refractivity (Wildman–Crippen MR) is 79.3 cm³/mol. The van der Waals surface area contributed by atoms with E-state index in [1.807, 2.05) is 43.0 Å². The van der Waals surface area contributed by atoms with Gasteiger partial charge in [0.1, 0.15) is 6.04 Å². The number of halogens is 1. The van der Waals surface area contributed by atoms with Crippen molar-refractivity contribution >= 4 is 21.6 Å². The molecule has 96 valence electrons. The van der Waals surface area contributed by atoms with Crippen molar-refractivity contribution in [3.05, 3.63) is 41.0 Å². The smallest absolute Gasteiger partial charge is 0.113 e. The average molecular weight is 308 g/mol. The van der Waals surface area contributed by atoms with Crippen LogP contribution in [-0.4, -0.2) is 25.0 Å². The van der Waals surface area contributed by atoms with Crippen LogP contribution in [-0.2, 0) is 6.54 Å². The van der Waals surface area contributed by atoms with Gasteiger partial charge in [-0.05, 0) is 36.9 Å². The Bertz CT molecular complexity index is 465. The van der Waals surface area contributed by atoms with Crippen molar-refractivity contribution in [3.8, 4) is 6.07 Å². The molecule has 1 aromatic rings. The van der Waals surface area contributed by atoms with Crippen LogP contribution in [0, 0.1) is 11.3 Å². The molecular formula is C14H18BrN3. The van der Waals surface area contributed by atoms with E-state index in [0.717, 1.165) is 22.3 Å². The third-order valence-electron chi connectivity index (χ3n) is 2.92. The van der Waals surface area contributed by atoms with Crippen molar-refractivity contribution in [2.45, 2.75) is 19.5 Å². The number of hydrogen-bond acceptors (Lipinski definition) is 3. The second-order valence-electron chi connectivity index (χ2n) is 4.29. The zero-order valence-electron chi connectivity index (χ0n) is 11.0. The molecule has 1 aromatic carbocycles. The summed E-state index contributed by atoms with van der Waals surface area (Å²) in [5.41, 5.74) is 2.23. The molecule has 1 atom stereocenters. The quantitative estimate of drug-likeness (QED) is 0.835. The molecule has 0 aliphatic rings. The van der Waals surface area contributed by atoms with Crippen LogP contribution in [0.1, 0.15) is 12.5 Å². The molecule has 0 aliphatic carbocycles. The Kier molecular flexibility index (Phi) is 5.24. The van der Waals surface area contributed by atoms with Crippen molar-refractivity contribution in [1.82, 2.24) is 4.90 Å². The molecule has 0 aromatic heterocycles. The van der Waals surface area contributed by atoms with E-state index in [2.05, 4.69) is 34.6 Å². The number of nitriles is 1. The van der Waals surface area contributed by atoms with Crippen LogP contribution in [0.2, 0.25) is 0 Å². The maximum atomic E-state index is 9.01. The van der Waals surface area contributed by atoms with Crippen LogP contribution in [0.3, 0.4) is 0 Å². The lowest BCUT2D eigenvalue weighted by Crippen LogP contribution is -2.28. The highest BCUT2D eigenvalue weighted by molar-refractivity contribution is 9.10. The first-order chi connectivity index (χ1) is 8.49. The Morgan fingerprint density at radius 2 is 2.17 bits per heavy atom. The number of nitrogens with zero attached hydrogens (tertiary/aromatic N) is 3. The number of benzene rings is 1. The summed E-state index contributed by atoms with van der Waals surface area (Å²) < 4.78 is 1.04.